The Bertz CT molecular complexity index is 196. The highest BCUT2D eigenvalue weighted by atomic mass is 16.1. The fraction of sp³-hybridized carbons (Fsp3) is 0.769. The molecule has 1 nitrogen and oxygen atoms in total. The summed E-state index contributed by atoms with van der Waals surface area (Å²) in [6.07, 6.45) is 7.45. The Kier molecular flexibility index (Phi) is 5.75. The molecule has 0 radical (unpaired) electrons. The Balaban J connectivity index is 3.98. The summed E-state index contributed by atoms with van der Waals surface area (Å²) in [5.74, 6) is 0.752. The van der Waals surface area contributed by atoms with Crippen molar-refractivity contribution >= 4 is 5.78 Å². The zero-order valence-corrected chi connectivity index (χ0v) is 10.3. The van der Waals surface area contributed by atoms with E-state index in [1.54, 1.807) is 6.08 Å². The summed E-state index contributed by atoms with van der Waals surface area (Å²) in [5, 5.41) is 0. The number of hydrogen-bond donors (Lipinski definition) is 0. The van der Waals surface area contributed by atoms with Gasteiger partial charge in [-0.2, -0.15) is 0 Å². The van der Waals surface area contributed by atoms with Gasteiger partial charge in [0.1, 0.15) is 0 Å². The maximum absolute atomic E-state index is 11.6. The van der Waals surface area contributed by atoms with Crippen molar-refractivity contribution in [2.75, 3.05) is 0 Å². The van der Waals surface area contributed by atoms with E-state index in [1.165, 1.54) is 19.3 Å². The van der Waals surface area contributed by atoms with E-state index < -0.39 is 0 Å². The SMILES string of the molecule is CCCCC(C)/C=C/C(=O)C(C)(C)C. The molecule has 0 aromatic carbocycles. The van der Waals surface area contributed by atoms with Gasteiger partial charge in [0.05, 0.1) is 0 Å². The largest absolute Gasteiger partial charge is 0.294 e. The normalized spacial score (nSPS) is 14.6. The lowest BCUT2D eigenvalue weighted by molar-refractivity contribution is -0.121. The molecule has 0 aliphatic rings. The molecule has 0 saturated heterocycles. The Hall–Kier alpha value is -0.590. The molecule has 1 heteroatoms. The van der Waals surface area contributed by atoms with Crippen LogP contribution in [0.4, 0.5) is 0 Å². The quantitative estimate of drug-likeness (QED) is 0.608. The van der Waals surface area contributed by atoms with Gasteiger partial charge >= 0.3 is 0 Å². The third-order valence-electron chi connectivity index (χ3n) is 2.33. The number of rotatable bonds is 5. The van der Waals surface area contributed by atoms with Crippen molar-refractivity contribution in [3.63, 3.8) is 0 Å². The molecule has 0 bridgehead atoms. The molecule has 1 unspecified atom stereocenters. The number of carbonyl (C=O) groups is 1. The van der Waals surface area contributed by atoms with E-state index >= 15 is 0 Å². The van der Waals surface area contributed by atoms with Crippen LogP contribution in [0.1, 0.15) is 53.9 Å². The van der Waals surface area contributed by atoms with Crippen molar-refractivity contribution in [1.82, 2.24) is 0 Å². The standard InChI is InChI=1S/C13H24O/c1-6-7-8-11(2)9-10-12(14)13(3,4)5/h9-11H,6-8H2,1-5H3/b10-9+. The monoisotopic (exact) mass is 196 g/mol. The van der Waals surface area contributed by atoms with Crippen molar-refractivity contribution < 1.29 is 4.79 Å². The molecule has 0 aliphatic heterocycles. The molecule has 0 aliphatic carbocycles. The molecule has 0 heterocycles. The van der Waals surface area contributed by atoms with Crippen LogP contribution in [-0.2, 0) is 4.79 Å². The second-order valence-electron chi connectivity index (χ2n) is 5.09. The first-order valence-electron chi connectivity index (χ1n) is 5.60. The van der Waals surface area contributed by atoms with E-state index in [1.807, 2.05) is 26.8 Å². The van der Waals surface area contributed by atoms with E-state index in [0.29, 0.717) is 5.92 Å². The Morgan fingerprint density at radius 3 is 2.36 bits per heavy atom. The minimum atomic E-state index is -0.235. The van der Waals surface area contributed by atoms with Crippen LogP contribution in [0.25, 0.3) is 0 Å². The van der Waals surface area contributed by atoms with Crippen LogP contribution < -0.4 is 0 Å². The van der Waals surface area contributed by atoms with Gasteiger partial charge in [0, 0.05) is 5.41 Å². The van der Waals surface area contributed by atoms with Gasteiger partial charge in [-0.1, -0.05) is 53.5 Å². The van der Waals surface area contributed by atoms with E-state index in [-0.39, 0.29) is 11.2 Å². The highest BCUT2D eigenvalue weighted by molar-refractivity contribution is 5.93. The first-order chi connectivity index (χ1) is 6.38. The molecule has 0 amide bonds. The van der Waals surface area contributed by atoms with Crippen molar-refractivity contribution in [2.45, 2.75) is 53.9 Å². The van der Waals surface area contributed by atoms with Crippen LogP contribution in [0.3, 0.4) is 0 Å². The molecule has 0 aromatic heterocycles. The second-order valence-corrected chi connectivity index (χ2v) is 5.09. The van der Waals surface area contributed by atoms with Gasteiger partial charge in [-0.05, 0) is 18.4 Å². The first-order valence-corrected chi connectivity index (χ1v) is 5.60. The molecule has 82 valence electrons. The smallest absolute Gasteiger partial charge is 0.160 e. The van der Waals surface area contributed by atoms with Crippen LogP contribution >= 0.6 is 0 Å². The third-order valence-corrected chi connectivity index (χ3v) is 2.33. The second kappa shape index (κ2) is 6.00. The highest BCUT2D eigenvalue weighted by Gasteiger charge is 2.17. The number of hydrogen-bond acceptors (Lipinski definition) is 1. The van der Waals surface area contributed by atoms with E-state index in [0.717, 1.165) is 0 Å². The maximum Gasteiger partial charge on any atom is 0.160 e. The van der Waals surface area contributed by atoms with Crippen molar-refractivity contribution in [2.24, 2.45) is 11.3 Å². The summed E-state index contributed by atoms with van der Waals surface area (Å²) in [6, 6.07) is 0. The maximum atomic E-state index is 11.6. The topological polar surface area (TPSA) is 17.1 Å². The predicted octanol–water partition coefficient (Wildman–Crippen LogP) is 3.98. The zero-order valence-electron chi connectivity index (χ0n) is 10.3. The summed E-state index contributed by atoms with van der Waals surface area (Å²) in [5.41, 5.74) is -0.235. The lowest BCUT2D eigenvalue weighted by atomic mass is 9.90. The van der Waals surface area contributed by atoms with Gasteiger partial charge < -0.3 is 0 Å². The van der Waals surface area contributed by atoms with Gasteiger partial charge in [-0.15, -0.1) is 0 Å². The van der Waals surface area contributed by atoms with Crippen LogP contribution in [0, 0.1) is 11.3 Å². The van der Waals surface area contributed by atoms with Crippen LogP contribution in [-0.4, -0.2) is 5.78 Å². The molecular weight excluding hydrogens is 172 g/mol. The van der Waals surface area contributed by atoms with Crippen LogP contribution in [0.5, 0.6) is 0 Å². The average Bonchev–Trinajstić information content (AvgIpc) is 2.09. The minimum absolute atomic E-state index is 0.223. The summed E-state index contributed by atoms with van der Waals surface area (Å²) < 4.78 is 0. The molecule has 0 aromatic rings. The molecule has 14 heavy (non-hydrogen) atoms. The van der Waals surface area contributed by atoms with Crippen LogP contribution in [0.15, 0.2) is 12.2 Å². The van der Waals surface area contributed by atoms with Crippen molar-refractivity contribution in [1.29, 1.82) is 0 Å². The third kappa shape index (κ3) is 5.95. The fourth-order valence-corrected chi connectivity index (χ4v) is 1.12. The molecule has 1 atom stereocenters. The molecule has 0 fully saturated rings. The number of allylic oxidation sites excluding steroid dienone is 2. The lowest BCUT2D eigenvalue weighted by Gasteiger charge is -2.13. The van der Waals surface area contributed by atoms with Gasteiger partial charge in [-0.25, -0.2) is 0 Å². The minimum Gasteiger partial charge on any atom is -0.294 e. The molecule has 0 rings (SSSR count). The van der Waals surface area contributed by atoms with Gasteiger partial charge in [0.15, 0.2) is 5.78 Å². The Labute approximate surface area is 88.6 Å². The number of ketones is 1. The first kappa shape index (κ1) is 13.4. The summed E-state index contributed by atoms with van der Waals surface area (Å²) in [6.45, 7) is 10.2. The van der Waals surface area contributed by atoms with Crippen molar-refractivity contribution in [3.05, 3.63) is 12.2 Å². The molecule has 0 N–H and O–H groups in total. The lowest BCUT2D eigenvalue weighted by Crippen LogP contribution is -2.17. The summed E-state index contributed by atoms with van der Waals surface area (Å²) in [7, 11) is 0. The van der Waals surface area contributed by atoms with E-state index in [4.69, 9.17) is 0 Å². The van der Waals surface area contributed by atoms with E-state index in [2.05, 4.69) is 13.8 Å². The Morgan fingerprint density at radius 2 is 1.93 bits per heavy atom. The molecule has 0 saturated carbocycles. The van der Waals surface area contributed by atoms with Crippen molar-refractivity contribution in [3.8, 4) is 0 Å². The van der Waals surface area contributed by atoms with Gasteiger partial charge in [0.2, 0.25) is 0 Å². The number of unbranched alkanes of at least 4 members (excludes halogenated alkanes) is 1. The molecule has 0 spiro atoms. The fourth-order valence-electron chi connectivity index (χ4n) is 1.12. The number of carbonyl (C=O) groups excluding carboxylic acids is 1. The summed E-state index contributed by atoms with van der Waals surface area (Å²) in [4.78, 5) is 11.6. The zero-order chi connectivity index (χ0) is 11.2. The summed E-state index contributed by atoms with van der Waals surface area (Å²) >= 11 is 0. The Morgan fingerprint density at radius 1 is 1.36 bits per heavy atom. The van der Waals surface area contributed by atoms with Gasteiger partial charge in [0.25, 0.3) is 0 Å². The highest BCUT2D eigenvalue weighted by Crippen LogP contribution is 2.16. The van der Waals surface area contributed by atoms with E-state index in [9.17, 15) is 4.79 Å². The predicted molar refractivity (Wildman–Crippen MR) is 62.3 cm³/mol. The van der Waals surface area contributed by atoms with Gasteiger partial charge in [-0.3, -0.25) is 4.79 Å². The van der Waals surface area contributed by atoms with Crippen LogP contribution in [0.2, 0.25) is 0 Å². The molecular formula is C13H24O. The average molecular weight is 196 g/mol.